The number of aliphatic hydroxyl groups excluding tert-OH is 12. The van der Waals surface area contributed by atoms with E-state index in [-0.39, 0.29) is 78.3 Å². The van der Waals surface area contributed by atoms with E-state index in [0.29, 0.717) is 38.5 Å². The van der Waals surface area contributed by atoms with Gasteiger partial charge in [-0.1, -0.05) is 39.3 Å². The molecule has 9 aliphatic rings. The van der Waals surface area contributed by atoms with E-state index in [1.807, 2.05) is 13.8 Å². The first-order valence-electron chi connectivity index (χ1n) is 29.9. The standard InChI is InChI=1S/C56H92O28S.Na/c1-21(2)15-25(58)18-56(8,70)34-10-9-28-27-17-31(30-16-26(84-85(71,72)73)11-13-54(30,6)29(27)12-14-55(28,34)7)78-51-45(69)46(37(61)24(5)77-51)81-52-47(82-49-43(67)40(64)35(59)22(3)75-49)39(63)33(20-74-52)80-53-48(42(66)38(62)32(19-57)79-53)83-50-44(68)41(65)36(60)23(4)76-50;/h12,21-24,26-28,30-53,57,59-70H,9-11,13-20H2,1-8H3,(H,71,72,73);/q;+1/p-1/t22-,23-,24-,26+,27+,28+,30-,31+,32-,33-,34+,35-,36+,37-,38+,39+,40+,41+,42+,43-,44-,45-,46+,47-,48-,49+,50+,51+,52+,53+,54-,55+,56-;/m1./s1. The molecule has 0 unspecified atom stereocenters. The number of allylic oxidation sites excluding steroid dienone is 2. The number of aliphatic hydroxyl groups is 13. The summed E-state index contributed by atoms with van der Waals surface area (Å²) >= 11 is 0. The smallest absolute Gasteiger partial charge is 0.726 e. The summed E-state index contributed by atoms with van der Waals surface area (Å²) in [6.07, 6.45) is -37.5. The van der Waals surface area contributed by atoms with Crippen LogP contribution in [0.5, 0.6) is 0 Å². The Bertz CT molecular complexity index is 2430. The van der Waals surface area contributed by atoms with Crippen LogP contribution in [-0.4, -0.2) is 264 Å². The molecule has 30 heteroatoms. The number of rotatable bonds is 18. The van der Waals surface area contributed by atoms with Crippen LogP contribution >= 0.6 is 0 Å². The predicted molar refractivity (Wildman–Crippen MR) is 284 cm³/mol. The fraction of sp³-hybridized carbons (Fsp3) is 0.946. The molecular formula is C56H91NaO28S. The zero-order chi connectivity index (χ0) is 62.3. The first-order valence-corrected chi connectivity index (χ1v) is 31.2. The third-order valence-electron chi connectivity index (χ3n) is 20.3. The molecule has 0 aromatic rings. The molecule has 0 bridgehead atoms. The van der Waals surface area contributed by atoms with E-state index in [4.69, 9.17) is 51.6 Å². The molecule has 28 nitrogen and oxygen atoms in total. The van der Waals surface area contributed by atoms with Gasteiger partial charge in [0, 0.05) is 12.8 Å². The number of Topliss-reactive ketones (excluding diaryl/α,β-unsaturated/α-hetero) is 1. The van der Waals surface area contributed by atoms with Crippen molar-refractivity contribution in [3.8, 4) is 0 Å². The second-order valence-corrected chi connectivity index (χ2v) is 27.7. The minimum atomic E-state index is -5.13. The van der Waals surface area contributed by atoms with Crippen LogP contribution in [0.15, 0.2) is 11.6 Å². The average molecular weight is 1270 g/mol. The fourth-order valence-electron chi connectivity index (χ4n) is 15.8. The number of hydrogen-bond donors (Lipinski definition) is 13. The second-order valence-electron chi connectivity index (χ2n) is 26.6. The number of ketones is 1. The minimum absolute atomic E-state index is 0. The zero-order valence-corrected chi connectivity index (χ0v) is 52.9. The van der Waals surface area contributed by atoms with E-state index >= 15 is 0 Å². The monoisotopic (exact) mass is 1270 g/mol. The van der Waals surface area contributed by atoms with Gasteiger partial charge >= 0.3 is 29.6 Å². The maximum atomic E-state index is 13.2. The maximum Gasteiger partial charge on any atom is 1.00 e. The number of carbonyl (C=O) groups is 1. The quantitative estimate of drug-likeness (QED) is 0.0263. The van der Waals surface area contributed by atoms with Gasteiger partial charge in [-0.2, -0.15) is 0 Å². The molecule has 0 aromatic carbocycles. The molecule has 0 aromatic heterocycles. The number of carbonyl (C=O) groups excluding carboxylic acids is 1. The van der Waals surface area contributed by atoms with Crippen molar-refractivity contribution in [1.82, 2.24) is 0 Å². The Morgan fingerprint density at radius 1 is 0.663 bits per heavy atom. The van der Waals surface area contributed by atoms with Crippen LogP contribution in [0.1, 0.15) is 113 Å². The van der Waals surface area contributed by atoms with E-state index in [0.717, 1.165) is 5.57 Å². The Labute approximate surface area is 522 Å². The van der Waals surface area contributed by atoms with Gasteiger partial charge in [-0.15, -0.1) is 0 Å². The van der Waals surface area contributed by atoms with Crippen LogP contribution in [0.25, 0.3) is 0 Å². The molecule has 86 heavy (non-hydrogen) atoms. The third kappa shape index (κ3) is 14.2. The Kier molecular flexibility index (Phi) is 23.0. The van der Waals surface area contributed by atoms with Crippen molar-refractivity contribution in [1.29, 1.82) is 0 Å². The largest absolute Gasteiger partial charge is 1.00 e. The van der Waals surface area contributed by atoms with Crippen LogP contribution in [0, 0.1) is 40.4 Å². The molecule has 0 amide bonds. The molecule has 0 spiro atoms. The van der Waals surface area contributed by atoms with E-state index in [9.17, 15) is 84.1 Å². The molecule has 33 atom stereocenters. The molecular weight excluding hydrogens is 1180 g/mol. The SMILES string of the molecule is CC(C)CC(=O)C[C@@](C)(O)[C@H]1CC[C@H]2[C@@H]3C[C@H](O[C@@H]4O[C@H](C)[C@@H](O)[C@H](O[C@@H]5OC[C@@H](O[C@@H]6O[C@H](CO)[C@H](O)[C@H](O)[C@H]6O[C@@H]6O[C@H](C)[C@H](O)[C@H](O)[C@H]6O)[C@H](O)[C@H]5O[C@@H]5O[C@H](C)[C@@H](O)[C@H](O)[C@H]5O)[C@H]4O)[C@H]4C[C@@H](OS(=O)(=O)[O-])CC[C@]4(C)C3=CC[C@@]21C.[Na+]. The molecule has 8 fully saturated rings. The third-order valence-corrected chi connectivity index (χ3v) is 20.8. The summed E-state index contributed by atoms with van der Waals surface area (Å²) in [7, 11) is -5.13. The zero-order valence-electron chi connectivity index (χ0n) is 50.1. The van der Waals surface area contributed by atoms with Gasteiger partial charge in [0.2, 0.25) is 10.4 Å². The molecule has 4 aliphatic carbocycles. The number of ether oxygens (including phenoxy) is 10. The van der Waals surface area contributed by atoms with Crippen LogP contribution in [0.3, 0.4) is 0 Å². The Hall–Kier alpha value is -0.640. The fourth-order valence-corrected chi connectivity index (χ4v) is 16.3. The van der Waals surface area contributed by atoms with Crippen LogP contribution < -0.4 is 29.6 Å². The van der Waals surface area contributed by atoms with Gasteiger partial charge in [-0.25, -0.2) is 8.42 Å². The molecule has 9 rings (SSSR count). The summed E-state index contributed by atoms with van der Waals surface area (Å²) in [5, 5.41) is 145. The van der Waals surface area contributed by atoms with Gasteiger partial charge in [0.25, 0.3) is 0 Å². The molecule has 5 heterocycles. The van der Waals surface area contributed by atoms with Crippen molar-refractivity contribution in [3.63, 3.8) is 0 Å². The Morgan fingerprint density at radius 2 is 1.21 bits per heavy atom. The maximum absolute atomic E-state index is 13.2. The van der Waals surface area contributed by atoms with Gasteiger partial charge in [0.15, 0.2) is 31.5 Å². The van der Waals surface area contributed by atoms with Crippen LogP contribution in [0.4, 0.5) is 0 Å². The van der Waals surface area contributed by atoms with Gasteiger partial charge in [-0.05, 0) is 113 Å². The Balaban J connectivity index is 0.00000961. The predicted octanol–water partition coefficient (Wildman–Crippen LogP) is -6.02. The van der Waals surface area contributed by atoms with Crippen molar-refractivity contribution in [3.05, 3.63) is 11.6 Å². The topological polar surface area (TPSA) is 439 Å². The van der Waals surface area contributed by atoms with E-state index in [1.165, 1.54) is 20.8 Å². The molecule has 5 saturated heterocycles. The minimum Gasteiger partial charge on any atom is -0.726 e. The van der Waals surface area contributed by atoms with Crippen LogP contribution in [-0.2, 0) is 66.7 Å². The first kappa shape index (κ1) is 71.2. The van der Waals surface area contributed by atoms with Crippen molar-refractivity contribution < 1.29 is 165 Å². The second kappa shape index (κ2) is 27.7. The summed E-state index contributed by atoms with van der Waals surface area (Å²) in [6.45, 7) is 12.5. The summed E-state index contributed by atoms with van der Waals surface area (Å²) in [4.78, 5) is 13.2. The average Bonchev–Trinajstić information content (AvgIpc) is 1.30. The summed E-state index contributed by atoms with van der Waals surface area (Å²) in [6, 6.07) is 0. The molecule has 0 radical (unpaired) electrons. The van der Waals surface area contributed by atoms with Crippen LogP contribution in [0.2, 0.25) is 0 Å². The van der Waals surface area contributed by atoms with E-state index in [2.05, 4.69) is 19.9 Å². The van der Waals surface area contributed by atoms with Crippen molar-refractivity contribution >= 4 is 16.2 Å². The number of fused-ring (bicyclic) bond motifs is 5. The van der Waals surface area contributed by atoms with Gasteiger partial charge in [0.1, 0.15) is 103 Å². The van der Waals surface area contributed by atoms with Gasteiger partial charge in [-0.3, -0.25) is 8.98 Å². The summed E-state index contributed by atoms with van der Waals surface area (Å²) in [5.41, 5.74) is -1.31. The Morgan fingerprint density at radius 3 is 1.78 bits per heavy atom. The normalized spacial score (nSPS) is 50.7. The van der Waals surface area contributed by atoms with Crippen molar-refractivity contribution in [2.75, 3.05) is 13.2 Å². The van der Waals surface area contributed by atoms with Gasteiger partial charge in [0.05, 0.1) is 49.3 Å². The van der Waals surface area contributed by atoms with Crippen molar-refractivity contribution in [2.45, 2.75) is 278 Å². The van der Waals surface area contributed by atoms with E-state index in [1.54, 1.807) is 6.92 Å². The molecule has 13 N–H and O–H groups in total. The molecule has 5 aliphatic heterocycles. The summed E-state index contributed by atoms with van der Waals surface area (Å²) in [5.74, 6) is -0.864. The molecule has 490 valence electrons. The van der Waals surface area contributed by atoms with E-state index < -0.39 is 206 Å². The summed E-state index contributed by atoms with van der Waals surface area (Å²) < 4.78 is 102. The van der Waals surface area contributed by atoms with Gasteiger partial charge < -0.3 is 118 Å². The number of hydrogen-bond acceptors (Lipinski definition) is 28. The first-order chi connectivity index (χ1) is 39.7. The molecule has 3 saturated carbocycles. The van der Waals surface area contributed by atoms with Crippen molar-refractivity contribution in [2.24, 2.45) is 40.4 Å².